The lowest BCUT2D eigenvalue weighted by molar-refractivity contribution is 0.0696. The lowest BCUT2D eigenvalue weighted by Gasteiger charge is -2.10. The second-order valence-corrected chi connectivity index (χ2v) is 5.61. The monoisotopic (exact) mass is 349 g/mol. The zero-order chi connectivity index (χ0) is 15.6. The second-order valence-electron chi connectivity index (χ2n) is 4.82. The fraction of sp³-hybridized carbons (Fsp3) is 0.250. The van der Waals surface area contributed by atoms with E-state index < -0.39 is 5.97 Å². The number of hydrogen-bond acceptors (Lipinski definition) is 3. The van der Waals surface area contributed by atoms with Gasteiger partial charge in [-0.1, -0.05) is 22.9 Å². The van der Waals surface area contributed by atoms with E-state index in [2.05, 4.69) is 20.9 Å². The largest absolute Gasteiger partial charge is 0.478 e. The van der Waals surface area contributed by atoms with Gasteiger partial charge in [0, 0.05) is 16.2 Å². The Bertz CT molecular complexity index is 675. The Morgan fingerprint density at radius 2 is 1.86 bits per heavy atom. The van der Waals surface area contributed by atoms with E-state index in [4.69, 9.17) is 9.84 Å². The normalized spacial score (nSPS) is 10.5. The average Bonchev–Trinajstić information content (AvgIpc) is 2.44. The molecule has 4 nitrogen and oxygen atoms in total. The number of pyridine rings is 1. The van der Waals surface area contributed by atoms with Crippen molar-refractivity contribution in [3.8, 4) is 11.6 Å². The highest BCUT2D eigenvalue weighted by Crippen LogP contribution is 2.29. The van der Waals surface area contributed by atoms with Crippen molar-refractivity contribution in [2.45, 2.75) is 27.2 Å². The van der Waals surface area contributed by atoms with Crippen LogP contribution in [0.4, 0.5) is 0 Å². The van der Waals surface area contributed by atoms with Crippen LogP contribution >= 0.6 is 15.9 Å². The molecule has 0 aliphatic heterocycles. The van der Waals surface area contributed by atoms with Crippen LogP contribution in [0.15, 0.2) is 28.7 Å². The molecule has 0 amide bonds. The van der Waals surface area contributed by atoms with E-state index in [0.29, 0.717) is 23.7 Å². The first-order valence-corrected chi connectivity index (χ1v) is 7.39. The quantitative estimate of drug-likeness (QED) is 0.881. The summed E-state index contributed by atoms with van der Waals surface area (Å²) >= 11 is 3.50. The van der Waals surface area contributed by atoms with E-state index in [9.17, 15) is 4.79 Å². The molecule has 2 rings (SSSR count). The number of benzene rings is 1. The molecule has 0 unspecified atom stereocenters. The number of aryl methyl sites for hydroxylation is 3. The minimum atomic E-state index is -0.986. The van der Waals surface area contributed by atoms with Crippen LogP contribution in [0.25, 0.3) is 0 Å². The molecule has 5 heteroatoms. The van der Waals surface area contributed by atoms with E-state index in [0.717, 1.165) is 15.6 Å². The first-order valence-electron chi connectivity index (χ1n) is 6.59. The highest BCUT2D eigenvalue weighted by atomic mass is 79.9. The number of carboxylic acids is 1. The maximum Gasteiger partial charge on any atom is 0.335 e. The summed E-state index contributed by atoms with van der Waals surface area (Å²) < 4.78 is 6.77. The molecule has 0 spiro atoms. The molecule has 0 aliphatic carbocycles. The van der Waals surface area contributed by atoms with Crippen molar-refractivity contribution in [3.63, 3.8) is 0 Å². The average molecular weight is 350 g/mol. The van der Waals surface area contributed by atoms with Gasteiger partial charge in [-0.2, -0.15) is 0 Å². The molecule has 0 aliphatic rings. The summed E-state index contributed by atoms with van der Waals surface area (Å²) in [5.74, 6) is -0.0433. The van der Waals surface area contributed by atoms with Gasteiger partial charge in [-0.15, -0.1) is 0 Å². The van der Waals surface area contributed by atoms with Crippen LogP contribution in [0.5, 0.6) is 11.6 Å². The summed E-state index contributed by atoms with van der Waals surface area (Å²) in [7, 11) is 0. The molecule has 0 atom stereocenters. The summed E-state index contributed by atoms with van der Waals surface area (Å²) in [6, 6.07) is 6.77. The summed E-state index contributed by atoms with van der Waals surface area (Å²) in [5.41, 5.74) is 2.98. The third-order valence-corrected chi connectivity index (χ3v) is 4.35. The Morgan fingerprint density at radius 1 is 1.24 bits per heavy atom. The molecule has 1 heterocycles. The fourth-order valence-corrected chi connectivity index (χ4v) is 2.23. The number of rotatable bonds is 4. The zero-order valence-electron chi connectivity index (χ0n) is 12.1. The molecule has 1 aromatic heterocycles. The minimum Gasteiger partial charge on any atom is -0.478 e. The molecule has 1 N–H and O–H groups in total. The van der Waals surface area contributed by atoms with Gasteiger partial charge in [-0.25, -0.2) is 9.78 Å². The smallest absolute Gasteiger partial charge is 0.335 e. The van der Waals surface area contributed by atoms with E-state index in [-0.39, 0.29) is 5.56 Å². The van der Waals surface area contributed by atoms with Crippen LogP contribution in [-0.2, 0) is 6.42 Å². The number of carboxylic acid groups (broad SMARTS) is 1. The van der Waals surface area contributed by atoms with Crippen molar-refractivity contribution in [1.82, 2.24) is 4.98 Å². The third kappa shape index (κ3) is 3.61. The predicted octanol–water partition coefficient (Wildman–Crippen LogP) is 4.51. The number of ether oxygens (including phenoxy) is 1. The van der Waals surface area contributed by atoms with Crippen LogP contribution in [0, 0.1) is 13.8 Å². The molecular formula is C16H16BrNO3. The number of aromatic carboxylic acids is 1. The number of carbonyl (C=O) groups is 1. The second kappa shape index (κ2) is 6.26. The molecule has 2 aromatic rings. The van der Waals surface area contributed by atoms with Gasteiger partial charge >= 0.3 is 5.97 Å². The van der Waals surface area contributed by atoms with Crippen LogP contribution in [-0.4, -0.2) is 16.1 Å². The van der Waals surface area contributed by atoms with Crippen molar-refractivity contribution in [2.75, 3.05) is 0 Å². The summed E-state index contributed by atoms with van der Waals surface area (Å²) in [5, 5.41) is 9.13. The lowest BCUT2D eigenvalue weighted by Crippen LogP contribution is -2.01. The molecule has 21 heavy (non-hydrogen) atoms. The van der Waals surface area contributed by atoms with Crippen molar-refractivity contribution in [3.05, 3.63) is 51.1 Å². The SMILES string of the molecule is CCc1cc(C(=O)O)cc(Oc2cc(C)c(Br)c(C)c2)n1. The van der Waals surface area contributed by atoms with E-state index >= 15 is 0 Å². The zero-order valence-corrected chi connectivity index (χ0v) is 13.7. The van der Waals surface area contributed by atoms with Gasteiger partial charge in [-0.3, -0.25) is 0 Å². The molecule has 0 saturated heterocycles. The van der Waals surface area contributed by atoms with Gasteiger partial charge in [0.15, 0.2) is 0 Å². The molecule has 110 valence electrons. The van der Waals surface area contributed by atoms with Gasteiger partial charge in [0.1, 0.15) is 5.75 Å². The third-order valence-electron chi connectivity index (χ3n) is 3.10. The first kappa shape index (κ1) is 15.5. The van der Waals surface area contributed by atoms with Crippen molar-refractivity contribution in [2.24, 2.45) is 0 Å². The van der Waals surface area contributed by atoms with Crippen molar-refractivity contribution < 1.29 is 14.6 Å². The maximum atomic E-state index is 11.1. The Hall–Kier alpha value is -1.88. The van der Waals surface area contributed by atoms with E-state index in [1.807, 2.05) is 32.9 Å². The summed E-state index contributed by atoms with van der Waals surface area (Å²) in [6.07, 6.45) is 0.649. The topological polar surface area (TPSA) is 59.4 Å². The van der Waals surface area contributed by atoms with Crippen molar-refractivity contribution in [1.29, 1.82) is 0 Å². The molecular weight excluding hydrogens is 334 g/mol. The van der Waals surface area contributed by atoms with Gasteiger partial charge in [0.25, 0.3) is 0 Å². The van der Waals surface area contributed by atoms with Crippen LogP contribution in [0.3, 0.4) is 0 Å². The molecule has 0 saturated carbocycles. The highest BCUT2D eigenvalue weighted by molar-refractivity contribution is 9.10. The number of hydrogen-bond donors (Lipinski definition) is 1. The number of aromatic nitrogens is 1. The summed E-state index contributed by atoms with van der Waals surface area (Å²) in [6.45, 7) is 5.87. The molecule has 0 radical (unpaired) electrons. The lowest BCUT2D eigenvalue weighted by atomic mass is 10.1. The minimum absolute atomic E-state index is 0.183. The Kier molecular flexibility index (Phi) is 4.63. The van der Waals surface area contributed by atoms with E-state index in [1.54, 1.807) is 6.07 Å². The molecule has 0 fully saturated rings. The number of halogens is 1. The highest BCUT2D eigenvalue weighted by Gasteiger charge is 2.10. The Balaban J connectivity index is 2.39. The van der Waals surface area contributed by atoms with Gasteiger partial charge in [0.05, 0.1) is 5.56 Å². The van der Waals surface area contributed by atoms with E-state index in [1.165, 1.54) is 6.07 Å². The van der Waals surface area contributed by atoms with Crippen molar-refractivity contribution >= 4 is 21.9 Å². The Labute approximate surface area is 131 Å². The fourth-order valence-electron chi connectivity index (χ4n) is 2.00. The Morgan fingerprint density at radius 3 is 2.38 bits per heavy atom. The van der Waals surface area contributed by atoms with Crippen LogP contribution in [0.1, 0.15) is 34.1 Å². The predicted molar refractivity (Wildman–Crippen MR) is 84.3 cm³/mol. The molecule has 1 aromatic carbocycles. The maximum absolute atomic E-state index is 11.1. The standard InChI is InChI=1S/C16H16BrNO3/c1-4-12-7-11(16(19)20)8-14(18-12)21-13-5-9(2)15(17)10(3)6-13/h5-8H,4H2,1-3H3,(H,19,20). The summed E-state index contributed by atoms with van der Waals surface area (Å²) in [4.78, 5) is 15.5. The first-order chi connectivity index (χ1) is 9.90. The molecule has 0 bridgehead atoms. The van der Waals surface area contributed by atoms with Gasteiger partial charge in [-0.05, 0) is 49.6 Å². The van der Waals surface area contributed by atoms with Crippen LogP contribution < -0.4 is 4.74 Å². The van der Waals surface area contributed by atoms with Crippen LogP contribution in [0.2, 0.25) is 0 Å². The number of nitrogens with zero attached hydrogens (tertiary/aromatic N) is 1. The van der Waals surface area contributed by atoms with Gasteiger partial charge < -0.3 is 9.84 Å². The van der Waals surface area contributed by atoms with Gasteiger partial charge in [0.2, 0.25) is 5.88 Å².